The first-order valence-corrected chi connectivity index (χ1v) is 21.2. The van der Waals surface area contributed by atoms with E-state index in [2.05, 4.69) is 20.9 Å². The number of nitrogens with zero attached hydrogens (tertiary/aromatic N) is 3. The molecule has 3 fully saturated rings. The Bertz CT molecular complexity index is 2120. The second kappa shape index (κ2) is 17.3. The monoisotopic (exact) mass is 816 g/mol. The third kappa shape index (κ3) is 8.61. The second-order valence-electron chi connectivity index (χ2n) is 15.8. The van der Waals surface area contributed by atoms with Crippen LogP contribution >= 0.6 is 11.3 Å². The number of anilines is 1. The highest BCUT2D eigenvalue weighted by atomic mass is 32.1. The van der Waals surface area contributed by atoms with Gasteiger partial charge < -0.3 is 40.2 Å². The molecular formula is C42H52N6O9S. The number of carboxylic acid groups (broad SMARTS) is 1. The van der Waals surface area contributed by atoms with E-state index in [-0.39, 0.29) is 37.3 Å². The molecule has 0 unspecified atom stereocenters. The Morgan fingerprint density at radius 3 is 2.55 bits per heavy atom. The van der Waals surface area contributed by atoms with E-state index < -0.39 is 47.6 Å². The number of carboxylic acids is 1. The first-order valence-electron chi connectivity index (χ1n) is 20.3. The van der Waals surface area contributed by atoms with Gasteiger partial charge in [-0.15, -0.1) is 11.3 Å². The van der Waals surface area contributed by atoms with Crippen LogP contribution in [0.1, 0.15) is 95.1 Å². The Labute approximate surface area is 341 Å². The number of aryl methyl sites for hydroxylation is 2. The van der Waals surface area contributed by atoms with Crippen LogP contribution in [-0.2, 0) is 23.9 Å². The maximum absolute atomic E-state index is 14.6. The molecular weight excluding hydrogens is 765 g/mol. The fourth-order valence-electron chi connectivity index (χ4n) is 8.50. The molecule has 58 heavy (non-hydrogen) atoms. The predicted octanol–water partition coefficient (Wildman–Crippen LogP) is 6.20. The molecule has 0 bridgehead atoms. The number of amides is 4. The van der Waals surface area contributed by atoms with Gasteiger partial charge in [0.15, 0.2) is 5.13 Å². The number of fused-ring (bicyclic) bond motifs is 3. The summed E-state index contributed by atoms with van der Waals surface area (Å²) in [6.07, 6.45) is 9.70. The summed E-state index contributed by atoms with van der Waals surface area (Å²) in [6.45, 7) is 5.58. The van der Waals surface area contributed by atoms with Gasteiger partial charge in [0.2, 0.25) is 17.7 Å². The quantitative estimate of drug-likeness (QED) is 0.180. The molecule has 0 radical (unpaired) electrons. The van der Waals surface area contributed by atoms with Crippen molar-refractivity contribution in [2.75, 3.05) is 19.0 Å². The van der Waals surface area contributed by atoms with Crippen LogP contribution in [0.2, 0.25) is 0 Å². The Kier molecular flexibility index (Phi) is 12.2. The number of carbonyl (C=O) groups is 5. The van der Waals surface area contributed by atoms with Crippen molar-refractivity contribution in [3.05, 3.63) is 40.8 Å². The number of pyridine rings is 1. The zero-order valence-electron chi connectivity index (χ0n) is 33.4. The van der Waals surface area contributed by atoms with Crippen LogP contribution in [0, 0.1) is 19.8 Å². The molecule has 1 aromatic carbocycles. The molecule has 7 rings (SSSR count). The summed E-state index contributed by atoms with van der Waals surface area (Å²) in [5.74, 6) is -1.62. The molecule has 5 atom stereocenters. The van der Waals surface area contributed by atoms with E-state index in [9.17, 15) is 29.1 Å². The average molecular weight is 817 g/mol. The van der Waals surface area contributed by atoms with Crippen LogP contribution in [-0.4, -0.2) is 93.2 Å². The Morgan fingerprint density at radius 1 is 1.03 bits per heavy atom. The van der Waals surface area contributed by atoms with Crippen molar-refractivity contribution in [1.82, 2.24) is 25.5 Å². The van der Waals surface area contributed by atoms with Gasteiger partial charge in [-0.05, 0) is 76.8 Å². The molecule has 1 saturated heterocycles. The summed E-state index contributed by atoms with van der Waals surface area (Å²) in [5, 5.41) is 21.6. The van der Waals surface area contributed by atoms with Crippen molar-refractivity contribution in [1.29, 1.82) is 0 Å². The fraction of sp³-hybridized carbons (Fsp3) is 0.548. The van der Waals surface area contributed by atoms with Crippen LogP contribution < -0.4 is 25.4 Å². The molecule has 3 aromatic rings. The third-order valence-electron chi connectivity index (χ3n) is 11.8. The van der Waals surface area contributed by atoms with Crippen LogP contribution in [0.25, 0.3) is 22.3 Å². The zero-order valence-corrected chi connectivity index (χ0v) is 34.2. The molecule has 4 amide bonds. The van der Waals surface area contributed by atoms with Gasteiger partial charge in [-0.25, -0.2) is 19.6 Å². The van der Waals surface area contributed by atoms with Crippen LogP contribution in [0.4, 0.5) is 9.93 Å². The summed E-state index contributed by atoms with van der Waals surface area (Å²) in [7, 11) is 1.60. The zero-order chi connectivity index (χ0) is 41.1. The topological polar surface area (TPSA) is 198 Å². The Balaban J connectivity index is 1.23. The molecule has 2 aliphatic carbocycles. The van der Waals surface area contributed by atoms with Crippen LogP contribution in [0.3, 0.4) is 0 Å². The van der Waals surface area contributed by atoms with E-state index in [0.29, 0.717) is 58.2 Å². The highest BCUT2D eigenvalue weighted by Crippen LogP contribution is 2.46. The van der Waals surface area contributed by atoms with Crippen molar-refractivity contribution < 1.29 is 43.3 Å². The van der Waals surface area contributed by atoms with Crippen molar-refractivity contribution in [2.24, 2.45) is 5.92 Å². The summed E-state index contributed by atoms with van der Waals surface area (Å²) in [5.41, 5.74) is 1.75. The SMILES string of the molecule is CCC(=O)Nc1nc(-c2cc(O[C@@H]3C[C@H]4C(=O)N[C@]5(C(=O)O)C[C@@H]5/C=C\CCCCC[C@H](NC(=O)OC5CCCC5)C(=O)N4C3)c3cc(C)c(OC)c(C)c3n2)cs1. The number of ether oxygens (including phenoxy) is 3. The number of aliphatic carboxylic acids is 1. The predicted molar refractivity (Wildman–Crippen MR) is 217 cm³/mol. The molecule has 4 N–H and O–H groups in total. The summed E-state index contributed by atoms with van der Waals surface area (Å²) < 4.78 is 18.2. The molecule has 15 nitrogen and oxygen atoms in total. The van der Waals surface area contributed by atoms with Gasteiger partial charge in [0.25, 0.3) is 0 Å². The summed E-state index contributed by atoms with van der Waals surface area (Å²) in [6, 6.07) is 1.62. The number of hydrogen-bond donors (Lipinski definition) is 4. The van der Waals surface area contributed by atoms with Gasteiger partial charge in [-0.3, -0.25) is 14.4 Å². The smallest absolute Gasteiger partial charge is 0.408 e. The number of aromatic nitrogens is 2. The van der Waals surface area contributed by atoms with Gasteiger partial charge in [0.05, 0.1) is 24.9 Å². The average Bonchev–Trinajstić information content (AvgIpc) is 3.62. The van der Waals surface area contributed by atoms with Crippen molar-refractivity contribution >= 4 is 57.2 Å². The minimum absolute atomic E-state index is 0.00660. The third-order valence-corrected chi connectivity index (χ3v) is 12.5. The highest BCUT2D eigenvalue weighted by Gasteiger charge is 2.61. The van der Waals surface area contributed by atoms with Crippen LogP contribution in [0.5, 0.6) is 11.5 Å². The second-order valence-corrected chi connectivity index (χ2v) is 16.7. The molecule has 0 spiro atoms. The number of alkyl carbamates (subject to hydrolysis) is 1. The summed E-state index contributed by atoms with van der Waals surface area (Å²) >= 11 is 1.27. The van der Waals surface area contributed by atoms with E-state index in [4.69, 9.17) is 19.2 Å². The lowest BCUT2D eigenvalue weighted by molar-refractivity contribution is -0.145. The molecule has 2 saturated carbocycles. The number of benzene rings is 1. The Hall–Kier alpha value is -5.25. The van der Waals surface area contributed by atoms with Gasteiger partial charge in [0, 0.05) is 41.2 Å². The largest absolute Gasteiger partial charge is 0.496 e. The minimum Gasteiger partial charge on any atom is -0.496 e. The lowest BCUT2D eigenvalue weighted by Crippen LogP contribution is -2.56. The standard InChI is InChI=1S/C42H52N6O9S/c1-5-34(49)46-40-44-31(22-58-40)30-19-33(28-17-23(2)36(55-4)24(3)35(28)43-30)56-27-18-32-37(50)47-42(39(52)53)20-25(42)13-9-7-6-8-10-16-29(38(51)48(32)21-27)45-41(54)57-26-14-11-12-15-26/h9,13,17,19,22,25-27,29,32H,5-8,10-12,14-16,18,20-21H2,1-4H3,(H,45,54)(H,47,50)(H,52,53)(H,44,46,49)/b13-9-/t25-,27+,29-,32-,42+/m0/s1. The van der Waals surface area contributed by atoms with E-state index in [0.717, 1.165) is 56.1 Å². The number of methoxy groups -OCH3 is 1. The first-order chi connectivity index (χ1) is 27.9. The molecule has 4 aliphatic rings. The van der Waals surface area contributed by atoms with Crippen LogP contribution in [0.15, 0.2) is 29.7 Å². The molecule has 2 aromatic heterocycles. The first kappa shape index (κ1) is 40.9. The lowest BCUT2D eigenvalue weighted by Gasteiger charge is -2.29. The number of thiazole rings is 1. The number of nitrogens with one attached hydrogen (secondary N) is 3. The molecule has 4 heterocycles. The van der Waals surface area contributed by atoms with E-state index in [1.165, 1.54) is 16.2 Å². The highest BCUT2D eigenvalue weighted by molar-refractivity contribution is 7.14. The maximum atomic E-state index is 14.6. The maximum Gasteiger partial charge on any atom is 0.408 e. The number of allylic oxidation sites excluding steroid dienone is 1. The van der Waals surface area contributed by atoms with Gasteiger partial charge in [0.1, 0.15) is 47.0 Å². The lowest BCUT2D eigenvalue weighted by atomic mass is 10.0. The molecule has 310 valence electrons. The van der Waals surface area contributed by atoms with E-state index >= 15 is 0 Å². The van der Waals surface area contributed by atoms with Crippen molar-refractivity contribution in [3.8, 4) is 22.9 Å². The normalized spacial score (nSPS) is 25.8. The Morgan fingerprint density at radius 2 is 1.81 bits per heavy atom. The van der Waals surface area contributed by atoms with Gasteiger partial charge in [-0.1, -0.05) is 31.9 Å². The van der Waals surface area contributed by atoms with Crippen molar-refractivity contribution in [3.63, 3.8) is 0 Å². The number of hydrogen-bond acceptors (Lipinski definition) is 11. The minimum atomic E-state index is -1.47. The summed E-state index contributed by atoms with van der Waals surface area (Å²) in [4.78, 5) is 77.8. The van der Waals surface area contributed by atoms with Gasteiger partial charge in [-0.2, -0.15) is 0 Å². The number of rotatable bonds is 9. The van der Waals surface area contributed by atoms with E-state index in [1.807, 2.05) is 32.1 Å². The van der Waals surface area contributed by atoms with E-state index in [1.54, 1.807) is 25.5 Å². The van der Waals surface area contributed by atoms with Gasteiger partial charge >= 0.3 is 12.1 Å². The fourth-order valence-corrected chi connectivity index (χ4v) is 9.22. The van der Waals surface area contributed by atoms with Crippen molar-refractivity contribution in [2.45, 2.75) is 128 Å². The molecule has 16 heteroatoms. The number of carbonyl (C=O) groups excluding carboxylic acids is 4. The molecule has 2 aliphatic heterocycles.